The van der Waals surface area contributed by atoms with E-state index in [1.807, 2.05) is 52.7 Å². The van der Waals surface area contributed by atoms with Gasteiger partial charge in [-0.3, -0.25) is 4.79 Å². The molecule has 1 aliphatic rings. The number of carbonyl (C=O) groups is 1. The van der Waals surface area contributed by atoms with Gasteiger partial charge in [-0.25, -0.2) is 9.97 Å². The highest BCUT2D eigenvalue weighted by molar-refractivity contribution is 7.13. The molecule has 7 heteroatoms. The standard InChI is InChI=1S/C20H20N4O2S/c1-26-16-7-5-15(6-8-16)19-22-17(14-27-19)20(25)24-12-10-23(11-13-24)18-4-2-3-9-21-18/h2-9,14H,10-13H2,1H3. The van der Waals surface area contributed by atoms with Crippen LogP contribution in [-0.2, 0) is 0 Å². The second-order valence-corrected chi connectivity index (χ2v) is 7.09. The number of amides is 1. The highest BCUT2D eigenvalue weighted by Gasteiger charge is 2.24. The normalized spacial score (nSPS) is 14.3. The largest absolute Gasteiger partial charge is 0.497 e. The molecule has 27 heavy (non-hydrogen) atoms. The number of methoxy groups -OCH3 is 1. The molecule has 1 aromatic carbocycles. The van der Waals surface area contributed by atoms with E-state index in [1.54, 1.807) is 13.3 Å². The van der Waals surface area contributed by atoms with Crippen molar-refractivity contribution in [1.82, 2.24) is 14.9 Å². The first-order valence-corrected chi connectivity index (χ1v) is 9.68. The van der Waals surface area contributed by atoms with Crippen LogP contribution in [0.25, 0.3) is 10.6 Å². The van der Waals surface area contributed by atoms with E-state index in [0.717, 1.165) is 35.2 Å². The van der Waals surface area contributed by atoms with Gasteiger partial charge in [0, 0.05) is 43.3 Å². The number of hydrogen-bond acceptors (Lipinski definition) is 6. The van der Waals surface area contributed by atoms with Crippen LogP contribution in [0.4, 0.5) is 5.82 Å². The molecule has 0 aliphatic carbocycles. The molecule has 0 spiro atoms. The van der Waals surface area contributed by atoms with E-state index in [4.69, 9.17) is 4.74 Å². The second-order valence-electron chi connectivity index (χ2n) is 6.23. The molecule has 4 rings (SSSR count). The zero-order valence-corrected chi connectivity index (χ0v) is 15.9. The Morgan fingerprint density at radius 3 is 2.52 bits per heavy atom. The predicted molar refractivity (Wildman–Crippen MR) is 106 cm³/mol. The first-order valence-electron chi connectivity index (χ1n) is 8.80. The Bertz CT molecular complexity index is 903. The van der Waals surface area contributed by atoms with Crippen molar-refractivity contribution in [2.24, 2.45) is 0 Å². The number of aromatic nitrogens is 2. The van der Waals surface area contributed by atoms with Gasteiger partial charge in [0.2, 0.25) is 0 Å². The van der Waals surface area contributed by atoms with E-state index < -0.39 is 0 Å². The predicted octanol–water partition coefficient (Wildman–Crippen LogP) is 3.18. The molecule has 2 aromatic heterocycles. The fraction of sp³-hybridized carbons (Fsp3) is 0.250. The van der Waals surface area contributed by atoms with Crippen molar-refractivity contribution >= 4 is 23.1 Å². The number of piperazine rings is 1. The van der Waals surface area contributed by atoms with Gasteiger partial charge in [-0.05, 0) is 36.4 Å². The minimum Gasteiger partial charge on any atom is -0.497 e. The number of benzene rings is 1. The zero-order valence-electron chi connectivity index (χ0n) is 15.0. The SMILES string of the molecule is COc1ccc(-c2nc(C(=O)N3CCN(c4ccccn4)CC3)cs2)cc1. The van der Waals surface area contributed by atoms with Crippen LogP contribution in [0, 0.1) is 0 Å². The molecule has 3 aromatic rings. The van der Waals surface area contributed by atoms with Crippen molar-refractivity contribution in [2.75, 3.05) is 38.2 Å². The summed E-state index contributed by atoms with van der Waals surface area (Å²) >= 11 is 1.49. The first-order chi connectivity index (χ1) is 13.2. The molecule has 0 atom stereocenters. The topological polar surface area (TPSA) is 58.6 Å². The van der Waals surface area contributed by atoms with E-state index in [1.165, 1.54) is 11.3 Å². The van der Waals surface area contributed by atoms with E-state index in [2.05, 4.69) is 14.9 Å². The molecule has 0 radical (unpaired) electrons. The van der Waals surface area contributed by atoms with Gasteiger partial charge in [-0.1, -0.05) is 6.07 Å². The summed E-state index contributed by atoms with van der Waals surface area (Å²) in [7, 11) is 1.64. The van der Waals surface area contributed by atoms with Gasteiger partial charge < -0.3 is 14.5 Å². The average molecular weight is 380 g/mol. The number of thiazole rings is 1. The Morgan fingerprint density at radius 1 is 1.07 bits per heavy atom. The third-order valence-corrected chi connectivity index (χ3v) is 5.49. The molecule has 0 unspecified atom stereocenters. The average Bonchev–Trinajstić information content (AvgIpc) is 3.24. The van der Waals surface area contributed by atoms with Crippen LogP contribution in [0.2, 0.25) is 0 Å². The number of rotatable bonds is 4. The van der Waals surface area contributed by atoms with Crippen molar-refractivity contribution in [3.8, 4) is 16.3 Å². The highest BCUT2D eigenvalue weighted by Crippen LogP contribution is 2.26. The molecule has 138 valence electrons. The third-order valence-electron chi connectivity index (χ3n) is 4.60. The second kappa shape index (κ2) is 7.75. The molecule has 1 aliphatic heterocycles. The molecule has 3 heterocycles. The third kappa shape index (κ3) is 3.78. The molecule has 1 fully saturated rings. The van der Waals surface area contributed by atoms with E-state index in [-0.39, 0.29) is 5.91 Å². The summed E-state index contributed by atoms with van der Waals surface area (Å²) in [4.78, 5) is 25.8. The van der Waals surface area contributed by atoms with Crippen LogP contribution in [0.3, 0.4) is 0 Å². The quantitative estimate of drug-likeness (QED) is 0.696. The molecule has 1 amide bonds. The maximum atomic E-state index is 12.8. The van der Waals surface area contributed by atoms with Crippen LogP contribution in [0.1, 0.15) is 10.5 Å². The molecule has 0 bridgehead atoms. The maximum absolute atomic E-state index is 12.8. The number of carbonyl (C=O) groups excluding carboxylic acids is 1. The summed E-state index contributed by atoms with van der Waals surface area (Å²) in [5, 5.41) is 2.68. The summed E-state index contributed by atoms with van der Waals surface area (Å²) in [5.41, 5.74) is 1.50. The van der Waals surface area contributed by atoms with Crippen molar-refractivity contribution in [3.63, 3.8) is 0 Å². The number of ether oxygens (including phenoxy) is 1. The Hall–Kier alpha value is -2.93. The lowest BCUT2D eigenvalue weighted by Crippen LogP contribution is -2.49. The smallest absolute Gasteiger partial charge is 0.273 e. The minimum absolute atomic E-state index is 0.00770. The van der Waals surface area contributed by atoms with Gasteiger partial charge in [-0.2, -0.15) is 0 Å². The minimum atomic E-state index is -0.00770. The molecule has 6 nitrogen and oxygen atoms in total. The van der Waals surface area contributed by atoms with Gasteiger partial charge >= 0.3 is 0 Å². The lowest BCUT2D eigenvalue weighted by Gasteiger charge is -2.35. The van der Waals surface area contributed by atoms with Gasteiger partial charge in [0.25, 0.3) is 5.91 Å². The summed E-state index contributed by atoms with van der Waals surface area (Å²) in [6.45, 7) is 2.89. The van der Waals surface area contributed by atoms with Crippen LogP contribution in [0.5, 0.6) is 5.75 Å². The summed E-state index contributed by atoms with van der Waals surface area (Å²) < 4.78 is 5.18. The first kappa shape index (κ1) is 17.5. The fourth-order valence-electron chi connectivity index (χ4n) is 3.08. The lowest BCUT2D eigenvalue weighted by molar-refractivity contribution is 0.0741. The van der Waals surface area contributed by atoms with Crippen LogP contribution >= 0.6 is 11.3 Å². The van der Waals surface area contributed by atoms with Gasteiger partial charge in [0.1, 0.15) is 22.3 Å². The fourth-order valence-corrected chi connectivity index (χ4v) is 3.88. The maximum Gasteiger partial charge on any atom is 0.273 e. The van der Waals surface area contributed by atoms with E-state index in [0.29, 0.717) is 18.8 Å². The lowest BCUT2D eigenvalue weighted by atomic mass is 10.2. The Kier molecular flexibility index (Phi) is 5.02. The molecule has 0 N–H and O–H groups in total. The zero-order chi connectivity index (χ0) is 18.6. The Morgan fingerprint density at radius 2 is 1.85 bits per heavy atom. The summed E-state index contributed by atoms with van der Waals surface area (Å²) in [6, 6.07) is 13.6. The van der Waals surface area contributed by atoms with Crippen molar-refractivity contribution in [1.29, 1.82) is 0 Å². The molecule has 0 saturated carbocycles. The number of anilines is 1. The van der Waals surface area contributed by atoms with Crippen molar-refractivity contribution in [2.45, 2.75) is 0 Å². The number of hydrogen-bond donors (Lipinski definition) is 0. The highest BCUT2D eigenvalue weighted by atomic mass is 32.1. The van der Waals surface area contributed by atoms with Crippen LogP contribution in [0.15, 0.2) is 54.0 Å². The number of nitrogens with zero attached hydrogens (tertiary/aromatic N) is 4. The molecular formula is C20H20N4O2S. The van der Waals surface area contributed by atoms with Crippen LogP contribution in [-0.4, -0.2) is 54.1 Å². The number of pyridine rings is 1. The van der Waals surface area contributed by atoms with E-state index in [9.17, 15) is 4.79 Å². The van der Waals surface area contributed by atoms with Gasteiger partial charge in [0.05, 0.1) is 7.11 Å². The van der Waals surface area contributed by atoms with Gasteiger partial charge in [-0.15, -0.1) is 11.3 Å². The van der Waals surface area contributed by atoms with E-state index >= 15 is 0 Å². The van der Waals surface area contributed by atoms with Crippen molar-refractivity contribution in [3.05, 3.63) is 59.7 Å². The summed E-state index contributed by atoms with van der Waals surface area (Å²) in [6.07, 6.45) is 1.79. The molecular weight excluding hydrogens is 360 g/mol. The van der Waals surface area contributed by atoms with Gasteiger partial charge in [0.15, 0.2) is 0 Å². The molecule has 1 saturated heterocycles. The Labute approximate surface area is 162 Å². The van der Waals surface area contributed by atoms with Crippen molar-refractivity contribution < 1.29 is 9.53 Å². The Balaban J connectivity index is 1.41. The summed E-state index contributed by atoms with van der Waals surface area (Å²) in [5.74, 6) is 1.75. The monoisotopic (exact) mass is 380 g/mol. The van der Waals surface area contributed by atoms with Crippen LogP contribution < -0.4 is 9.64 Å².